The zero-order valence-corrected chi connectivity index (χ0v) is 13.2. The van der Waals surface area contributed by atoms with E-state index in [4.69, 9.17) is 0 Å². The van der Waals surface area contributed by atoms with E-state index in [-0.39, 0.29) is 6.42 Å². The fraction of sp³-hybridized carbons (Fsp3) is 0.500. The summed E-state index contributed by atoms with van der Waals surface area (Å²) in [6.45, 7) is 1.84. The second-order valence-corrected chi connectivity index (χ2v) is 6.11. The molecule has 0 aliphatic carbocycles. The standard InChI is InChI=1S/C16H20F3NO3/c1-15(2,16(17,18)19)10-13(21)20(3)12(14(22)23)9-11-7-5-4-6-8-11/h4-8,12H,9-10H2,1-3H3,(H,22,23). The zero-order chi connectivity index (χ0) is 17.8. The topological polar surface area (TPSA) is 57.6 Å². The molecule has 0 heterocycles. The van der Waals surface area contributed by atoms with Gasteiger partial charge in [0, 0.05) is 19.9 Å². The van der Waals surface area contributed by atoms with Gasteiger partial charge in [-0.3, -0.25) is 4.79 Å². The molecular formula is C16H20F3NO3. The van der Waals surface area contributed by atoms with Crippen LogP contribution in [0.15, 0.2) is 30.3 Å². The predicted molar refractivity (Wildman–Crippen MR) is 78.8 cm³/mol. The summed E-state index contributed by atoms with van der Waals surface area (Å²) < 4.78 is 38.6. The first-order chi connectivity index (χ1) is 10.5. The fourth-order valence-electron chi connectivity index (χ4n) is 2.00. The van der Waals surface area contributed by atoms with E-state index in [1.54, 1.807) is 30.3 Å². The molecule has 1 rings (SSSR count). The highest BCUT2D eigenvalue weighted by atomic mass is 19.4. The summed E-state index contributed by atoms with van der Waals surface area (Å²) in [5.41, 5.74) is -1.52. The molecule has 1 amide bonds. The number of alkyl halides is 3. The highest BCUT2D eigenvalue weighted by Crippen LogP contribution is 2.40. The SMILES string of the molecule is CN(C(=O)CC(C)(C)C(F)(F)F)C(Cc1ccccc1)C(=O)O. The van der Waals surface area contributed by atoms with Crippen molar-refractivity contribution in [3.05, 3.63) is 35.9 Å². The number of carbonyl (C=O) groups is 2. The van der Waals surface area contributed by atoms with Gasteiger partial charge in [0.15, 0.2) is 0 Å². The van der Waals surface area contributed by atoms with Crippen LogP contribution in [0.25, 0.3) is 0 Å². The first-order valence-corrected chi connectivity index (χ1v) is 7.05. The van der Waals surface area contributed by atoms with E-state index in [1.807, 2.05) is 0 Å². The Labute approximate surface area is 132 Å². The maximum Gasteiger partial charge on any atom is 0.394 e. The van der Waals surface area contributed by atoms with Crippen LogP contribution < -0.4 is 0 Å². The maximum absolute atomic E-state index is 12.9. The molecule has 0 fully saturated rings. The van der Waals surface area contributed by atoms with Crippen LogP contribution in [0, 0.1) is 5.41 Å². The van der Waals surface area contributed by atoms with E-state index in [0.717, 1.165) is 18.7 Å². The van der Waals surface area contributed by atoms with Gasteiger partial charge in [0.2, 0.25) is 5.91 Å². The van der Waals surface area contributed by atoms with Gasteiger partial charge in [0.25, 0.3) is 0 Å². The Morgan fingerprint density at radius 2 is 1.70 bits per heavy atom. The molecule has 0 saturated heterocycles. The van der Waals surface area contributed by atoms with Crippen molar-refractivity contribution < 1.29 is 27.9 Å². The monoisotopic (exact) mass is 331 g/mol. The zero-order valence-electron chi connectivity index (χ0n) is 13.2. The Morgan fingerprint density at radius 3 is 2.13 bits per heavy atom. The van der Waals surface area contributed by atoms with E-state index >= 15 is 0 Å². The van der Waals surface area contributed by atoms with Gasteiger partial charge in [-0.05, 0) is 5.56 Å². The predicted octanol–water partition coefficient (Wildman–Crippen LogP) is 3.12. The van der Waals surface area contributed by atoms with Crippen molar-refractivity contribution in [3.63, 3.8) is 0 Å². The van der Waals surface area contributed by atoms with Gasteiger partial charge in [0.1, 0.15) is 6.04 Å². The van der Waals surface area contributed by atoms with Crippen molar-refractivity contribution >= 4 is 11.9 Å². The third-order valence-corrected chi connectivity index (χ3v) is 3.78. The summed E-state index contributed by atoms with van der Waals surface area (Å²) >= 11 is 0. The summed E-state index contributed by atoms with van der Waals surface area (Å²) in [6.07, 6.45) is -5.31. The number of aliphatic carboxylic acids is 1. The Kier molecular flexibility index (Phi) is 5.80. The molecule has 0 bridgehead atoms. The lowest BCUT2D eigenvalue weighted by Crippen LogP contribution is -2.46. The largest absolute Gasteiger partial charge is 0.480 e. The van der Waals surface area contributed by atoms with Gasteiger partial charge in [-0.2, -0.15) is 13.2 Å². The normalized spacial score (nSPS) is 13.5. The van der Waals surface area contributed by atoms with Crippen LogP contribution in [0.1, 0.15) is 25.8 Å². The lowest BCUT2D eigenvalue weighted by atomic mass is 9.87. The number of hydrogen-bond acceptors (Lipinski definition) is 2. The minimum atomic E-state index is -4.54. The number of halogens is 3. The first kappa shape index (κ1) is 19.0. The van der Waals surface area contributed by atoms with Crippen molar-refractivity contribution in [2.24, 2.45) is 5.41 Å². The number of carboxylic acid groups (broad SMARTS) is 1. The van der Waals surface area contributed by atoms with Gasteiger partial charge in [-0.15, -0.1) is 0 Å². The molecule has 4 nitrogen and oxygen atoms in total. The Balaban J connectivity index is 2.88. The van der Waals surface area contributed by atoms with Gasteiger partial charge < -0.3 is 10.0 Å². The summed E-state index contributed by atoms with van der Waals surface area (Å²) in [7, 11) is 1.22. The average Bonchev–Trinajstić information content (AvgIpc) is 2.43. The molecule has 0 aliphatic heterocycles. The molecule has 0 aromatic heterocycles. The number of benzene rings is 1. The molecule has 0 aliphatic rings. The third-order valence-electron chi connectivity index (χ3n) is 3.78. The van der Waals surface area contributed by atoms with Gasteiger partial charge >= 0.3 is 12.1 Å². The summed E-state index contributed by atoms with van der Waals surface area (Å²) in [6, 6.07) is 7.40. The molecule has 1 aromatic rings. The number of carbonyl (C=O) groups excluding carboxylic acids is 1. The number of nitrogens with zero attached hydrogens (tertiary/aromatic N) is 1. The molecule has 23 heavy (non-hydrogen) atoms. The second-order valence-electron chi connectivity index (χ2n) is 6.11. The number of rotatable bonds is 6. The van der Waals surface area contributed by atoms with E-state index in [0.29, 0.717) is 5.56 Å². The van der Waals surface area contributed by atoms with Crippen molar-refractivity contribution in [2.75, 3.05) is 7.05 Å². The highest BCUT2D eigenvalue weighted by Gasteiger charge is 2.49. The Bertz CT molecular complexity index is 555. The van der Waals surface area contributed by atoms with Gasteiger partial charge in [-0.25, -0.2) is 4.79 Å². The van der Waals surface area contributed by atoms with Crippen LogP contribution in [-0.4, -0.2) is 41.1 Å². The van der Waals surface area contributed by atoms with Crippen molar-refractivity contribution in [1.29, 1.82) is 0 Å². The fourth-order valence-corrected chi connectivity index (χ4v) is 2.00. The Hall–Kier alpha value is -2.05. The van der Waals surface area contributed by atoms with Crippen LogP contribution in [0.2, 0.25) is 0 Å². The number of amides is 1. The molecule has 0 spiro atoms. The molecule has 7 heteroatoms. The minimum Gasteiger partial charge on any atom is -0.480 e. The van der Waals surface area contributed by atoms with Gasteiger partial charge in [0.05, 0.1) is 5.41 Å². The molecule has 1 aromatic carbocycles. The van der Waals surface area contributed by atoms with Crippen molar-refractivity contribution in [1.82, 2.24) is 4.90 Å². The van der Waals surface area contributed by atoms with E-state index in [2.05, 4.69) is 0 Å². The maximum atomic E-state index is 12.9. The van der Waals surface area contributed by atoms with Crippen LogP contribution in [0.4, 0.5) is 13.2 Å². The first-order valence-electron chi connectivity index (χ1n) is 7.05. The summed E-state index contributed by atoms with van der Waals surface area (Å²) in [5, 5.41) is 9.30. The molecule has 1 atom stereocenters. The smallest absolute Gasteiger partial charge is 0.394 e. The van der Waals surface area contributed by atoms with Crippen molar-refractivity contribution in [3.8, 4) is 0 Å². The van der Waals surface area contributed by atoms with E-state index in [9.17, 15) is 27.9 Å². The lowest BCUT2D eigenvalue weighted by Gasteiger charge is -2.31. The lowest BCUT2D eigenvalue weighted by molar-refractivity contribution is -0.215. The number of likely N-dealkylation sites (N-methyl/N-ethyl adjacent to an activating group) is 1. The highest BCUT2D eigenvalue weighted by molar-refractivity contribution is 5.84. The molecule has 1 N–H and O–H groups in total. The quantitative estimate of drug-likeness (QED) is 0.871. The van der Waals surface area contributed by atoms with Crippen LogP contribution in [-0.2, 0) is 16.0 Å². The average molecular weight is 331 g/mol. The molecule has 1 unspecified atom stereocenters. The second kappa shape index (κ2) is 7.02. The third kappa shape index (κ3) is 4.97. The van der Waals surface area contributed by atoms with Crippen LogP contribution in [0.3, 0.4) is 0 Å². The summed E-state index contributed by atoms with van der Waals surface area (Å²) in [4.78, 5) is 24.4. The number of hydrogen-bond donors (Lipinski definition) is 1. The molecule has 0 saturated carbocycles. The number of carboxylic acids is 1. The molecular weight excluding hydrogens is 311 g/mol. The van der Waals surface area contributed by atoms with Gasteiger partial charge in [-0.1, -0.05) is 44.2 Å². The Morgan fingerprint density at radius 1 is 1.17 bits per heavy atom. The van der Waals surface area contributed by atoms with E-state index in [1.165, 1.54) is 7.05 Å². The van der Waals surface area contributed by atoms with E-state index < -0.39 is 35.9 Å². The van der Waals surface area contributed by atoms with Crippen molar-refractivity contribution in [2.45, 2.75) is 38.9 Å². The van der Waals surface area contributed by atoms with Crippen LogP contribution >= 0.6 is 0 Å². The molecule has 0 radical (unpaired) electrons. The minimum absolute atomic E-state index is 0.0326. The molecule has 128 valence electrons. The summed E-state index contributed by atoms with van der Waals surface area (Å²) in [5.74, 6) is -2.11. The van der Waals surface area contributed by atoms with Crippen LogP contribution in [0.5, 0.6) is 0 Å².